The number of fused-ring (bicyclic) bond motifs is 2. The fraction of sp³-hybridized carbons (Fsp3) is 0.323. The van der Waals surface area contributed by atoms with Crippen molar-refractivity contribution in [3.8, 4) is 11.3 Å². The van der Waals surface area contributed by atoms with Crippen molar-refractivity contribution in [2.45, 2.75) is 32.4 Å². The number of benzene rings is 3. The Morgan fingerprint density at radius 1 is 0.795 bits per heavy atom. The first-order chi connectivity index (χ1) is 19.2. The highest BCUT2D eigenvalue weighted by atomic mass is 16.1. The zero-order chi connectivity index (χ0) is 26.6. The summed E-state index contributed by atoms with van der Waals surface area (Å²) in [5, 5.41) is 15.1. The summed E-state index contributed by atoms with van der Waals surface area (Å²) in [7, 11) is 0. The summed E-state index contributed by atoms with van der Waals surface area (Å²) in [6.07, 6.45) is 3.66. The van der Waals surface area contributed by atoms with Crippen LogP contribution in [0.1, 0.15) is 40.7 Å². The molecule has 3 N–H and O–H groups in total. The lowest BCUT2D eigenvalue weighted by Gasteiger charge is -2.27. The molecule has 1 aliphatic heterocycles. The number of piperidine rings is 1. The lowest BCUT2D eigenvalue weighted by molar-refractivity contribution is 0.104. The van der Waals surface area contributed by atoms with Crippen LogP contribution in [0.15, 0.2) is 71.5 Å². The summed E-state index contributed by atoms with van der Waals surface area (Å²) in [5.41, 5.74) is 7.86. The summed E-state index contributed by atoms with van der Waals surface area (Å²) < 4.78 is 1.55. The van der Waals surface area contributed by atoms with Gasteiger partial charge in [0.15, 0.2) is 5.78 Å². The van der Waals surface area contributed by atoms with Crippen LogP contribution in [0.5, 0.6) is 0 Å². The van der Waals surface area contributed by atoms with Gasteiger partial charge in [0.25, 0.3) is 5.56 Å². The van der Waals surface area contributed by atoms with Gasteiger partial charge in [-0.1, -0.05) is 61.0 Å². The first-order valence-electron chi connectivity index (χ1n) is 13.9. The standard InChI is InChI=1S/C31H34N6O2/c38-30-24-12-6-5-11-23(24)29-27-25(31(39)37(35-29)20-17-34-36-18-7-2-8-19-36)13-14-26(28(27)30)33-16-15-32-21-22-9-3-1-4-10-22/h1,3-6,9-14,32-34H,2,7-8,15-21H2. The number of hydrogen-bond donors (Lipinski definition) is 3. The van der Waals surface area contributed by atoms with Gasteiger partial charge in [0.05, 0.1) is 17.5 Å². The Bertz CT molecular complexity index is 1540. The van der Waals surface area contributed by atoms with Crippen LogP contribution < -0.4 is 21.6 Å². The van der Waals surface area contributed by atoms with Crippen LogP contribution >= 0.6 is 0 Å². The van der Waals surface area contributed by atoms with E-state index in [1.807, 2.05) is 54.6 Å². The highest BCUT2D eigenvalue weighted by molar-refractivity contribution is 6.27. The molecule has 0 saturated carbocycles. The largest absolute Gasteiger partial charge is 0.383 e. The maximum atomic E-state index is 13.7. The van der Waals surface area contributed by atoms with Crippen molar-refractivity contribution in [2.75, 3.05) is 38.0 Å². The minimum absolute atomic E-state index is 0.0749. The van der Waals surface area contributed by atoms with Crippen LogP contribution in [0.2, 0.25) is 0 Å². The molecule has 200 valence electrons. The SMILES string of the molecule is O=C1c2ccccc2-c2nn(CCNN3CCCCC3)c(=O)c3ccc(NCCNCc4ccccc4)c1c23. The topological polar surface area (TPSA) is 91.3 Å². The van der Waals surface area contributed by atoms with E-state index in [2.05, 4.69) is 33.2 Å². The van der Waals surface area contributed by atoms with Crippen LogP contribution in [0.4, 0.5) is 5.69 Å². The lowest BCUT2D eigenvalue weighted by Crippen LogP contribution is -2.43. The van der Waals surface area contributed by atoms with E-state index < -0.39 is 0 Å². The van der Waals surface area contributed by atoms with Gasteiger partial charge in [-0.05, 0) is 30.5 Å². The summed E-state index contributed by atoms with van der Waals surface area (Å²) in [4.78, 5) is 27.3. The smallest absolute Gasteiger partial charge is 0.274 e. The minimum Gasteiger partial charge on any atom is -0.383 e. The predicted molar refractivity (Wildman–Crippen MR) is 155 cm³/mol. The molecule has 4 aromatic rings. The number of anilines is 1. The molecule has 2 heterocycles. The Balaban J connectivity index is 1.27. The minimum atomic E-state index is -0.168. The Morgan fingerprint density at radius 3 is 2.38 bits per heavy atom. The molecule has 0 spiro atoms. The first-order valence-corrected chi connectivity index (χ1v) is 13.9. The zero-order valence-corrected chi connectivity index (χ0v) is 22.1. The second-order valence-electron chi connectivity index (χ2n) is 10.2. The van der Waals surface area contributed by atoms with Gasteiger partial charge < -0.3 is 10.6 Å². The molecule has 0 radical (unpaired) electrons. The maximum Gasteiger partial charge on any atom is 0.274 e. The predicted octanol–water partition coefficient (Wildman–Crippen LogP) is 3.80. The van der Waals surface area contributed by atoms with Crippen LogP contribution in [0.25, 0.3) is 22.0 Å². The van der Waals surface area contributed by atoms with E-state index in [1.165, 1.54) is 24.8 Å². The Kier molecular flexibility index (Phi) is 7.49. The lowest BCUT2D eigenvalue weighted by atomic mass is 9.85. The number of nitrogens with one attached hydrogen (secondary N) is 3. The van der Waals surface area contributed by atoms with Gasteiger partial charge in [-0.3, -0.25) is 15.0 Å². The van der Waals surface area contributed by atoms with E-state index in [1.54, 1.807) is 4.68 Å². The van der Waals surface area contributed by atoms with Gasteiger partial charge in [0.1, 0.15) is 5.69 Å². The highest BCUT2D eigenvalue weighted by Gasteiger charge is 2.30. The molecule has 8 heteroatoms. The van der Waals surface area contributed by atoms with Gasteiger partial charge in [-0.2, -0.15) is 5.10 Å². The molecule has 2 aliphatic rings. The second-order valence-corrected chi connectivity index (χ2v) is 10.2. The Labute approximate surface area is 228 Å². The zero-order valence-electron chi connectivity index (χ0n) is 22.1. The van der Waals surface area contributed by atoms with Crippen molar-refractivity contribution in [3.05, 3.63) is 93.8 Å². The van der Waals surface area contributed by atoms with E-state index in [0.717, 1.165) is 37.4 Å². The average Bonchev–Trinajstić information content (AvgIpc) is 2.98. The van der Waals surface area contributed by atoms with Gasteiger partial charge >= 0.3 is 0 Å². The molecule has 0 bridgehead atoms. The van der Waals surface area contributed by atoms with E-state index in [9.17, 15) is 9.59 Å². The molecule has 1 aliphatic carbocycles. The van der Waals surface area contributed by atoms with E-state index in [-0.39, 0.29) is 11.3 Å². The number of aromatic nitrogens is 2. The quantitative estimate of drug-likeness (QED) is 0.240. The summed E-state index contributed by atoms with van der Waals surface area (Å²) in [6.45, 7) is 5.29. The molecule has 0 unspecified atom stereocenters. The average molecular weight is 523 g/mol. The molecule has 39 heavy (non-hydrogen) atoms. The fourth-order valence-electron chi connectivity index (χ4n) is 5.61. The molecule has 1 aromatic heterocycles. The van der Waals surface area contributed by atoms with Gasteiger partial charge in [-0.15, -0.1) is 0 Å². The first kappa shape index (κ1) is 25.4. The molecular formula is C31H34N6O2. The molecule has 0 amide bonds. The molecule has 1 fully saturated rings. The van der Waals surface area contributed by atoms with Gasteiger partial charge in [0.2, 0.25) is 0 Å². The molecule has 6 rings (SSSR count). The number of ketones is 1. The van der Waals surface area contributed by atoms with E-state index in [4.69, 9.17) is 5.10 Å². The number of hydrazine groups is 1. The molecular weight excluding hydrogens is 488 g/mol. The summed E-state index contributed by atoms with van der Waals surface area (Å²) in [5.74, 6) is -0.0749. The number of carbonyl (C=O) groups excluding carboxylic acids is 1. The van der Waals surface area contributed by atoms with Crippen molar-refractivity contribution in [1.82, 2.24) is 25.5 Å². The summed E-state index contributed by atoms with van der Waals surface area (Å²) in [6, 6.07) is 21.5. The second kappa shape index (κ2) is 11.5. The fourth-order valence-corrected chi connectivity index (χ4v) is 5.61. The third-order valence-electron chi connectivity index (χ3n) is 7.59. The number of nitrogens with zero attached hydrogens (tertiary/aromatic N) is 3. The number of carbonyl (C=O) groups is 1. The van der Waals surface area contributed by atoms with Gasteiger partial charge in [-0.25, -0.2) is 9.69 Å². The van der Waals surface area contributed by atoms with Crippen molar-refractivity contribution in [3.63, 3.8) is 0 Å². The van der Waals surface area contributed by atoms with Crippen LogP contribution in [0.3, 0.4) is 0 Å². The van der Waals surface area contributed by atoms with Crippen LogP contribution in [-0.4, -0.2) is 53.3 Å². The van der Waals surface area contributed by atoms with Crippen molar-refractivity contribution in [1.29, 1.82) is 0 Å². The third kappa shape index (κ3) is 5.23. The Morgan fingerprint density at radius 2 is 1.56 bits per heavy atom. The monoisotopic (exact) mass is 522 g/mol. The molecule has 1 saturated heterocycles. The number of hydrogen-bond acceptors (Lipinski definition) is 7. The van der Waals surface area contributed by atoms with E-state index >= 15 is 0 Å². The van der Waals surface area contributed by atoms with Crippen LogP contribution in [-0.2, 0) is 13.1 Å². The van der Waals surface area contributed by atoms with Crippen molar-refractivity contribution >= 4 is 22.2 Å². The molecule has 8 nitrogen and oxygen atoms in total. The number of rotatable bonds is 10. The maximum absolute atomic E-state index is 13.7. The van der Waals surface area contributed by atoms with Crippen molar-refractivity contribution in [2.24, 2.45) is 0 Å². The summed E-state index contributed by atoms with van der Waals surface area (Å²) >= 11 is 0. The van der Waals surface area contributed by atoms with Crippen LogP contribution in [0, 0.1) is 0 Å². The molecule has 0 atom stereocenters. The van der Waals surface area contributed by atoms with E-state index in [0.29, 0.717) is 47.2 Å². The Hall–Kier alpha value is -3.85. The van der Waals surface area contributed by atoms with Gasteiger partial charge in [0, 0.05) is 61.5 Å². The molecule has 3 aromatic carbocycles. The highest BCUT2D eigenvalue weighted by Crippen LogP contribution is 2.39. The van der Waals surface area contributed by atoms with Crippen molar-refractivity contribution < 1.29 is 4.79 Å². The normalized spacial score (nSPS) is 14.9. The third-order valence-corrected chi connectivity index (χ3v) is 7.59.